The number of hydrogen-bond acceptors (Lipinski definition) is 2. The number of nitrogens with zero attached hydrogens (tertiary/aromatic N) is 2. The van der Waals surface area contributed by atoms with Gasteiger partial charge in [-0.05, 0) is 192 Å². The lowest BCUT2D eigenvalue weighted by molar-refractivity contribution is -0.0325. The Morgan fingerprint density at radius 2 is 0.508 bits per heavy atom. The summed E-state index contributed by atoms with van der Waals surface area (Å²) in [5.74, 6) is 12.5. The monoisotopic (exact) mass is 893 g/mol. The first-order chi connectivity index (χ1) is 32.0. The van der Waals surface area contributed by atoms with Crippen LogP contribution in [0.2, 0.25) is 0 Å². The molecule has 0 amide bonds. The van der Waals surface area contributed by atoms with Crippen molar-refractivity contribution in [1.29, 1.82) is 0 Å². The molecule has 0 aromatic carbocycles. The van der Waals surface area contributed by atoms with Crippen LogP contribution in [0, 0.1) is 76.4 Å². The zero-order chi connectivity index (χ0) is 43.7. The Bertz CT molecular complexity index is 1320. The summed E-state index contributed by atoms with van der Waals surface area (Å²) < 4.78 is 0. The van der Waals surface area contributed by atoms with E-state index in [2.05, 4.69) is 23.6 Å². The first-order valence-corrected chi connectivity index (χ1v) is 31.5. The molecule has 2 heteroatoms. The minimum atomic E-state index is 0.510. The quantitative estimate of drug-likeness (QED) is 0.216. The summed E-state index contributed by atoms with van der Waals surface area (Å²) in [4.78, 5) is 6.89. The molecule has 0 aromatic heterocycles. The molecule has 11 aliphatic rings. The van der Waals surface area contributed by atoms with Gasteiger partial charge in [0.25, 0.3) is 0 Å². The van der Waals surface area contributed by atoms with Crippen molar-refractivity contribution in [2.75, 3.05) is 0 Å². The standard InChI is InChI=1S/C63H108N2/c1-63(2)61-43-57(64(53-33-29-49(30-34-53)45-17-7-3-8-18-45)55-27-15-25-51(41-55)47-21-11-5-12-22-47)37-39-59(61)60-40-38-58(44-62(60)63)65(54-35-31-50(32-36-54)46-19-9-4-10-20-46)56-28-16-26-52(42-56)48-23-13-6-14-24-48/h45-62H,3-44H2,1-2H3. The van der Waals surface area contributed by atoms with E-state index in [1.807, 2.05) is 0 Å². The third kappa shape index (κ3) is 10.3. The van der Waals surface area contributed by atoms with E-state index >= 15 is 0 Å². The van der Waals surface area contributed by atoms with Crippen LogP contribution in [0.4, 0.5) is 0 Å². The van der Waals surface area contributed by atoms with Crippen molar-refractivity contribution in [1.82, 2.24) is 9.80 Å². The summed E-state index contributed by atoms with van der Waals surface area (Å²) in [5.41, 5.74) is 0.510. The maximum absolute atomic E-state index is 3.44. The van der Waals surface area contributed by atoms with Gasteiger partial charge in [0.15, 0.2) is 0 Å². The van der Waals surface area contributed by atoms with Crippen LogP contribution >= 0.6 is 0 Å². The van der Waals surface area contributed by atoms with E-state index in [9.17, 15) is 0 Å². The third-order valence-corrected chi connectivity index (χ3v) is 24.9. The maximum atomic E-state index is 3.44. The largest absolute Gasteiger partial charge is 0.294 e. The summed E-state index contributed by atoms with van der Waals surface area (Å²) in [6.07, 6.45) is 65.2. The second-order valence-electron chi connectivity index (χ2n) is 28.1. The van der Waals surface area contributed by atoms with Gasteiger partial charge in [-0.15, -0.1) is 0 Å². The number of fused-ring (bicyclic) bond motifs is 3. The Kier molecular flexibility index (Phi) is 15.8. The predicted molar refractivity (Wildman–Crippen MR) is 276 cm³/mol. The van der Waals surface area contributed by atoms with E-state index in [0.717, 1.165) is 107 Å². The van der Waals surface area contributed by atoms with Gasteiger partial charge in [0.05, 0.1) is 0 Å². The molecular weight excluding hydrogens is 785 g/mol. The summed E-state index contributed by atoms with van der Waals surface area (Å²) in [7, 11) is 0. The van der Waals surface area contributed by atoms with E-state index in [-0.39, 0.29) is 0 Å². The van der Waals surface area contributed by atoms with Gasteiger partial charge < -0.3 is 0 Å². The average molecular weight is 894 g/mol. The molecule has 370 valence electrons. The van der Waals surface area contributed by atoms with Crippen LogP contribution in [-0.4, -0.2) is 46.1 Å². The van der Waals surface area contributed by atoms with Gasteiger partial charge in [-0.1, -0.05) is 168 Å². The molecule has 0 radical (unpaired) electrons. The molecule has 11 saturated carbocycles. The second-order valence-corrected chi connectivity index (χ2v) is 28.1. The Labute approximate surface area is 404 Å². The molecule has 0 saturated heterocycles. The smallest absolute Gasteiger partial charge is 0.0104 e. The zero-order valence-corrected chi connectivity index (χ0v) is 43.5. The molecule has 11 fully saturated rings. The Hall–Kier alpha value is -0.0800. The topological polar surface area (TPSA) is 6.48 Å². The van der Waals surface area contributed by atoms with Gasteiger partial charge in [0, 0.05) is 36.3 Å². The highest BCUT2D eigenvalue weighted by molar-refractivity contribution is 5.10. The van der Waals surface area contributed by atoms with Gasteiger partial charge in [0.2, 0.25) is 0 Å². The van der Waals surface area contributed by atoms with Crippen molar-refractivity contribution in [3.63, 3.8) is 0 Å². The lowest BCUT2D eigenvalue weighted by Gasteiger charge is -2.53. The number of hydrogen-bond donors (Lipinski definition) is 0. The van der Waals surface area contributed by atoms with E-state index in [0.29, 0.717) is 5.41 Å². The fourth-order valence-electron chi connectivity index (χ4n) is 21.6. The SMILES string of the molecule is CC1(C)C2CC(N(C3CCC(C4CCCCC4)CC3)C3CCCC(C4CCCCC4)C3)CCC2C2CCC(N(C3CCC(C4CCCCC4)CC3)C3CCCC(C4CCCCC4)C3)CC21. The van der Waals surface area contributed by atoms with E-state index < -0.39 is 0 Å². The molecule has 0 aliphatic heterocycles. The lowest BCUT2D eigenvalue weighted by atomic mass is 9.65. The van der Waals surface area contributed by atoms with Crippen molar-refractivity contribution in [2.45, 2.75) is 320 Å². The highest BCUT2D eigenvalue weighted by atomic mass is 15.2. The molecule has 10 unspecified atom stereocenters. The molecule has 65 heavy (non-hydrogen) atoms. The fourth-order valence-corrected chi connectivity index (χ4v) is 21.6. The van der Waals surface area contributed by atoms with E-state index in [1.165, 1.54) is 103 Å². The molecule has 2 nitrogen and oxygen atoms in total. The zero-order valence-electron chi connectivity index (χ0n) is 43.5. The first-order valence-electron chi connectivity index (χ1n) is 31.5. The molecule has 11 rings (SSSR count). The highest BCUT2D eigenvalue weighted by Gasteiger charge is 2.59. The minimum absolute atomic E-state index is 0.510. The molecule has 0 spiro atoms. The van der Waals surface area contributed by atoms with Crippen LogP contribution in [0.5, 0.6) is 0 Å². The van der Waals surface area contributed by atoms with Gasteiger partial charge >= 0.3 is 0 Å². The normalized spacial score (nSPS) is 44.5. The molecule has 0 heterocycles. The Morgan fingerprint density at radius 1 is 0.231 bits per heavy atom. The summed E-state index contributed by atoms with van der Waals surface area (Å²) in [5, 5.41) is 0. The van der Waals surface area contributed by atoms with Crippen molar-refractivity contribution in [3.8, 4) is 0 Å². The molecule has 0 N–H and O–H groups in total. The van der Waals surface area contributed by atoms with Gasteiger partial charge in [-0.25, -0.2) is 0 Å². The molecule has 11 aliphatic carbocycles. The highest BCUT2D eigenvalue weighted by Crippen LogP contribution is 2.64. The van der Waals surface area contributed by atoms with Crippen LogP contribution in [0.15, 0.2) is 0 Å². The first kappa shape index (κ1) is 47.3. The third-order valence-electron chi connectivity index (χ3n) is 24.9. The van der Waals surface area contributed by atoms with Gasteiger partial charge in [-0.3, -0.25) is 9.80 Å². The summed E-state index contributed by atoms with van der Waals surface area (Å²) in [6, 6.07) is 5.37. The summed E-state index contributed by atoms with van der Waals surface area (Å²) >= 11 is 0. The molecular formula is C63H108N2. The average Bonchev–Trinajstić information content (AvgIpc) is 3.60. The van der Waals surface area contributed by atoms with Crippen molar-refractivity contribution in [2.24, 2.45) is 76.4 Å². The molecule has 10 atom stereocenters. The van der Waals surface area contributed by atoms with Crippen LogP contribution in [0.1, 0.15) is 284 Å². The molecule has 0 bridgehead atoms. The van der Waals surface area contributed by atoms with Crippen LogP contribution in [0.3, 0.4) is 0 Å². The van der Waals surface area contributed by atoms with E-state index in [4.69, 9.17) is 0 Å². The fraction of sp³-hybridized carbons (Fsp3) is 1.00. The molecule has 0 aromatic rings. The Balaban J connectivity index is 0.804. The maximum Gasteiger partial charge on any atom is 0.0104 e. The predicted octanol–water partition coefficient (Wildman–Crippen LogP) is 17.8. The van der Waals surface area contributed by atoms with Crippen LogP contribution < -0.4 is 0 Å². The summed E-state index contributed by atoms with van der Waals surface area (Å²) in [6.45, 7) is 5.78. The minimum Gasteiger partial charge on any atom is -0.294 e. The second kappa shape index (κ2) is 21.7. The van der Waals surface area contributed by atoms with Crippen molar-refractivity contribution >= 4 is 0 Å². The van der Waals surface area contributed by atoms with Crippen molar-refractivity contribution in [3.05, 3.63) is 0 Å². The Morgan fingerprint density at radius 3 is 0.862 bits per heavy atom. The van der Waals surface area contributed by atoms with Crippen LogP contribution in [-0.2, 0) is 0 Å². The van der Waals surface area contributed by atoms with Gasteiger partial charge in [0.1, 0.15) is 0 Å². The van der Waals surface area contributed by atoms with Crippen LogP contribution in [0.25, 0.3) is 0 Å². The lowest BCUT2D eigenvalue weighted by Crippen LogP contribution is -2.55. The van der Waals surface area contributed by atoms with Crippen molar-refractivity contribution < 1.29 is 0 Å². The van der Waals surface area contributed by atoms with Gasteiger partial charge in [-0.2, -0.15) is 0 Å². The number of rotatable bonds is 10. The van der Waals surface area contributed by atoms with E-state index in [1.54, 1.807) is 167 Å².